The molecule has 2 aromatic carbocycles. The number of thioether (sulfide) groups is 1. The van der Waals surface area contributed by atoms with Crippen molar-refractivity contribution in [3.63, 3.8) is 0 Å². The summed E-state index contributed by atoms with van der Waals surface area (Å²) in [5, 5.41) is 2.79. The average Bonchev–Trinajstić information content (AvgIpc) is 2.96. The van der Waals surface area contributed by atoms with E-state index in [0.717, 1.165) is 23.0 Å². The molecule has 0 unspecified atom stereocenters. The van der Waals surface area contributed by atoms with Gasteiger partial charge in [-0.3, -0.25) is 14.5 Å². The molecule has 0 atom stereocenters. The van der Waals surface area contributed by atoms with E-state index < -0.39 is 0 Å². The van der Waals surface area contributed by atoms with Crippen LogP contribution in [0.4, 0.5) is 10.5 Å². The van der Waals surface area contributed by atoms with Crippen molar-refractivity contribution in [1.82, 2.24) is 4.90 Å². The average molecular weight is 398 g/mol. The van der Waals surface area contributed by atoms with E-state index in [4.69, 9.17) is 9.47 Å². The molecular formula is C21H22N2O4S. The second kappa shape index (κ2) is 9.32. The number of rotatable bonds is 8. The number of carbonyl (C=O) groups excluding carboxylic acids is 2. The Morgan fingerprint density at radius 1 is 1.00 bits per heavy atom. The number of anilines is 1. The van der Waals surface area contributed by atoms with Gasteiger partial charge in [-0.1, -0.05) is 24.3 Å². The zero-order valence-electron chi connectivity index (χ0n) is 15.8. The molecular weight excluding hydrogens is 376 g/mol. The van der Waals surface area contributed by atoms with Crippen LogP contribution in [0.15, 0.2) is 53.4 Å². The van der Waals surface area contributed by atoms with Gasteiger partial charge in [-0.05, 0) is 61.5 Å². The van der Waals surface area contributed by atoms with Crippen LogP contribution in [0, 0.1) is 0 Å². The van der Waals surface area contributed by atoms with Crippen LogP contribution < -0.4 is 14.8 Å². The van der Waals surface area contributed by atoms with Crippen molar-refractivity contribution in [1.29, 1.82) is 0 Å². The fourth-order valence-electron chi connectivity index (χ4n) is 2.67. The summed E-state index contributed by atoms with van der Waals surface area (Å²) in [5.41, 5.74) is 1.62. The smallest absolute Gasteiger partial charge is 0.295 e. The lowest BCUT2D eigenvalue weighted by Gasteiger charge is -2.14. The van der Waals surface area contributed by atoms with Crippen LogP contribution >= 0.6 is 11.8 Å². The summed E-state index contributed by atoms with van der Waals surface area (Å²) in [5.74, 6) is 0.954. The van der Waals surface area contributed by atoms with Crippen LogP contribution in [-0.4, -0.2) is 35.9 Å². The maximum absolute atomic E-state index is 12.6. The van der Waals surface area contributed by atoms with Crippen molar-refractivity contribution < 1.29 is 19.1 Å². The Morgan fingerprint density at radius 3 is 2.43 bits per heavy atom. The highest BCUT2D eigenvalue weighted by atomic mass is 32.2. The molecule has 6 nitrogen and oxygen atoms in total. The minimum atomic E-state index is -0.315. The van der Waals surface area contributed by atoms with E-state index in [2.05, 4.69) is 5.32 Å². The molecule has 0 bridgehead atoms. The molecule has 1 heterocycles. The number of nitrogens with zero attached hydrogens (tertiary/aromatic N) is 1. The quantitative estimate of drug-likeness (QED) is 0.656. The van der Waals surface area contributed by atoms with Gasteiger partial charge < -0.3 is 14.8 Å². The predicted molar refractivity (Wildman–Crippen MR) is 112 cm³/mol. The Labute approximate surface area is 168 Å². The maximum Gasteiger partial charge on any atom is 0.295 e. The van der Waals surface area contributed by atoms with E-state index in [-0.39, 0.29) is 17.8 Å². The van der Waals surface area contributed by atoms with Crippen LogP contribution in [-0.2, 0) is 4.79 Å². The molecule has 0 radical (unpaired) electrons. The van der Waals surface area contributed by atoms with E-state index in [1.807, 2.05) is 62.4 Å². The van der Waals surface area contributed by atoms with Crippen molar-refractivity contribution in [3.05, 3.63) is 59.0 Å². The predicted octanol–water partition coefficient (Wildman–Crippen LogP) is 4.59. The minimum absolute atomic E-state index is 0.124. The van der Waals surface area contributed by atoms with Crippen LogP contribution in [0.5, 0.6) is 11.5 Å². The van der Waals surface area contributed by atoms with E-state index in [1.54, 1.807) is 6.08 Å². The monoisotopic (exact) mass is 398 g/mol. The molecule has 1 aliphatic heterocycles. The molecule has 0 spiro atoms. The number of amides is 2. The fraction of sp³-hybridized carbons (Fsp3) is 0.238. The molecule has 7 heteroatoms. The van der Waals surface area contributed by atoms with Crippen molar-refractivity contribution in [2.24, 2.45) is 0 Å². The van der Waals surface area contributed by atoms with Crippen molar-refractivity contribution in [3.8, 4) is 11.5 Å². The Kier molecular flexibility index (Phi) is 6.60. The zero-order chi connectivity index (χ0) is 19.9. The number of hydrogen-bond donors (Lipinski definition) is 1. The second-order valence-electron chi connectivity index (χ2n) is 5.88. The molecule has 0 aliphatic carbocycles. The lowest BCUT2D eigenvalue weighted by atomic mass is 10.2. The second-order valence-corrected chi connectivity index (χ2v) is 6.88. The first-order valence-corrected chi connectivity index (χ1v) is 9.88. The number of para-hydroxylation sites is 1. The van der Waals surface area contributed by atoms with Gasteiger partial charge in [-0.2, -0.15) is 0 Å². The van der Waals surface area contributed by atoms with Crippen LogP contribution in [0.1, 0.15) is 19.4 Å². The Bertz CT molecular complexity index is 883. The SMILES string of the molecule is CCOc1ccc(C=C2SC(=O)N(CNc3ccccc3)C2=O)cc1OCC. The van der Waals surface area contributed by atoms with Gasteiger partial charge in [-0.15, -0.1) is 0 Å². The molecule has 28 heavy (non-hydrogen) atoms. The first-order chi connectivity index (χ1) is 13.6. The molecule has 1 N–H and O–H groups in total. The Balaban J connectivity index is 1.74. The highest BCUT2D eigenvalue weighted by Gasteiger charge is 2.34. The molecule has 1 saturated heterocycles. The van der Waals surface area contributed by atoms with Crippen molar-refractivity contribution >= 4 is 34.7 Å². The lowest BCUT2D eigenvalue weighted by Crippen LogP contribution is -2.33. The summed E-state index contributed by atoms with van der Waals surface area (Å²) < 4.78 is 11.2. The zero-order valence-corrected chi connectivity index (χ0v) is 16.6. The van der Waals surface area contributed by atoms with E-state index >= 15 is 0 Å². The summed E-state index contributed by atoms with van der Waals surface area (Å²) in [6, 6.07) is 14.9. The summed E-state index contributed by atoms with van der Waals surface area (Å²) in [7, 11) is 0. The van der Waals surface area contributed by atoms with E-state index in [9.17, 15) is 9.59 Å². The normalized spacial score (nSPS) is 15.2. The van der Waals surface area contributed by atoms with Gasteiger partial charge in [-0.25, -0.2) is 0 Å². The Hall–Kier alpha value is -2.93. The van der Waals surface area contributed by atoms with Crippen LogP contribution in [0.2, 0.25) is 0 Å². The highest BCUT2D eigenvalue weighted by Crippen LogP contribution is 2.34. The lowest BCUT2D eigenvalue weighted by molar-refractivity contribution is -0.122. The molecule has 0 saturated carbocycles. The van der Waals surface area contributed by atoms with Gasteiger partial charge in [0.15, 0.2) is 11.5 Å². The number of imide groups is 1. The van der Waals surface area contributed by atoms with Gasteiger partial charge in [0.25, 0.3) is 11.1 Å². The number of ether oxygens (including phenoxy) is 2. The molecule has 146 valence electrons. The summed E-state index contributed by atoms with van der Waals surface area (Å²) >= 11 is 0.932. The third-order valence-corrected chi connectivity index (χ3v) is 4.86. The van der Waals surface area contributed by atoms with Gasteiger partial charge in [0.2, 0.25) is 0 Å². The number of benzene rings is 2. The first-order valence-electron chi connectivity index (χ1n) is 9.06. The van der Waals surface area contributed by atoms with Gasteiger partial charge in [0, 0.05) is 5.69 Å². The molecule has 2 aromatic rings. The van der Waals surface area contributed by atoms with Gasteiger partial charge >= 0.3 is 0 Å². The molecule has 0 aromatic heterocycles. The molecule has 2 amide bonds. The van der Waals surface area contributed by atoms with E-state index in [0.29, 0.717) is 29.6 Å². The van der Waals surface area contributed by atoms with Gasteiger partial charge in [0.1, 0.15) is 0 Å². The minimum Gasteiger partial charge on any atom is -0.490 e. The maximum atomic E-state index is 12.6. The first kappa shape index (κ1) is 19.8. The van der Waals surface area contributed by atoms with Crippen LogP contribution in [0.3, 0.4) is 0 Å². The topological polar surface area (TPSA) is 67.9 Å². The molecule has 3 rings (SSSR count). The fourth-order valence-corrected chi connectivity index (χ4v) is 3.51. The van der Waals surface area contributed by atoms with Crippen molar-refractivity contribution in [2.75, 3.05) is 25.2 Å². The summed E-state index contributed by atoms with van der Waals surface area (Å²) in [4.78, 5) is 26.5. The van der Waals surface area contributed by atoms with E-state index in [1.165, 1.54) is 4.90 Å². The molecule has 1 fully saturated rings. The standard InChI is InChI=1S/C21H22N2O4S/c1-3-26-17-11-10-15(12-18(17)27-4-2)13-19-20(24)23(21(25)28-19)14-22-16-8-6-5-7-9-16/h5-13,22H,3-4,14H2,1-2H3. The summed E-state index contributed by atoms with van der Waals surface area (Å²) in [6.07, 6.45) is 1.70. The number of nitrogens with one attached hydrogen (secondary N) is 1. The van der Waals surface area contributed by atoms with Crippen molar-refractivity contribution in [2.45, 2.75) is 13.8 Å². The number of carbonyl (C=O) groups is 2. The Morgan fingerprint density at radius 2 is 1.71 bits per heavy atom. The van der Waals surface area contributed by atoms with Gasteiger partial charge in [0.05, 0.1) is 24.8 Å². The third-order valence-electron chi connectivity index (χ3n) is 3.95. The summed E-state index contributed by atoms with van der Waals surface area (Å²) in [6.45, 7) is 4.97. The number of hydrogen-bond acceptors (Lipinski definition) is 6. The molecule has 1 aliphatic rings. The largest absolute Gasteiger partial charge is 0.490 e. The third kappa shape index (κ3) is 4.67. The highest BCUT2D eigenvalue weighted by molar-refractivity contribution is 8.18. The van der Waals surface area contributed by atoms with Crippen LogP contribution in [0.25, 0.3) is 6.08 Å².